The first-order chi connectivity index (χ1) is 14.1. The number of carbonyl (C=O) groups excluding carboxylic acids is 2. The summed E-state index contributed by atoms with van der Waals surface area (Å²) in [6.45, 7) is 0.315. The lowest BCUT2D eigenvalue weighted by Gasteiger charge is -2.10. The number of carbonyl (C=O) groups is 2. The van der Waals surface area contributed by atoms with Crippen LogP contribution >= 0.6 is 0 Å². The number of amides is 1. The summed E-state index contributed by atoms with van der Waals surface area (Å²) in [5.41, 5.74) is 2.04. The minimum Gasteiger partial charge on any atom is -0.496 e. The Morgan fingerprint density at radius 2 is 1.66 bits per heavy atom. The predicted molar refractivity (Wildman–Crippen MR) is 107 cm³/mol. The zero-order chi connectivity index (χ0) is 20.6. The van der Waals surface area contributed by atoms with Gasteiger partial charge in [0.05, 0.1) is 31.0 Å². The highest BCUT2D eigenvalue weighted by molar-refractivity contribution is 5.96. The van der Waals surface area contributed by atoms with Crippen molar-refractivity contribution in [1.82, 2.24) is 15.3 Å². The van der Waals surface area contributed by atoms with Crippen LogP contribution in [0, 0.1) is 0 Å². The van der Waals surface area contributed by atoms with Crippen molar-refractivity contribution in [3.05, 3.63) is 77.6 Å². The van der Waals surface area contributed by atoms with Crippen molar-refractivity contribution >= 4 is 23.5 Å². The number of hydrogen-bond donors (Lipinski definition) is 2. The molecule has 2 N–H and O–H groups in total. The van der Waals surface area contributed by atoms with Gasteiger partial charge in [0.1, 0.15) is 5.75 Å². The molecule has 8 heteroatoms. The lowest BCUT2D eigenvalue weighted by atomic mass is 10.2. The third kappa shape index (κ3) is 4.86. The van der Waals surface area contributed by atoms with Gasteiger partial charge in [0, 0.05) is 24.5 Å². The lowest BCUT2D eigenvalue weighted by molar-refractivity contribution is 0.0601. The van der Waals surface area contributed by atoms with E-state index in [1.807, 2.05) is 24.3 Å². The molecule has 0 fully saturated rings. The Morgan fingerprint density at radius 1 is 0.966 bits per heavy atom. The predicted octanol–water partition coefficient (Wildman–Crippen LogP) is 2.95. The number of esters is 1. The quantitative estimate of drug-likeness (QED) is 0.596. The van der Waals surface area contributed by atoms with E-state index in [1.54, 1.807) is 31.4 Å². The monoisotopic (exact) mass is 392 g/mol. The number of ether oxygens (including phenoxy) is 2. The van der Waals surface area contributed by atoms with Crippen LogP contribution < -0.4 is 15.4 Å². The highest BCUT2D eigenvalue weighted by atomic mass is 16.5. The Hall–Kier alpha value is -3.94. The molecule has 0 bridgehead atoms. The minimum atomic E-state index is -0.472. The van der Waals surface area contributed by atoms with E-state index in [9.17, 15) is 9.59 Å². The molecule has 0 aliphatic carbocycles. The van der Waals surface area contributed by atoms with Gasteiger partial charge in [-0.1, -0.05) is 30.3 Å². The molecule has 1 aromatic heterocycles. The molecular weight excluding hydrogens is 372 g/mol. The standard InChI is InChI=1S/C21H20N4O4/c1-28-18-10-6-3-7-14(18)11-22-19(26)15-12-23-21(24-13-15)25-17-9-5-4-8-16(17)20(27)29-2/h3-10,12-13H,11H2,1-2H3,(H,22,26)(H,23,24,25). The van der Waals surface area contributed by atoms with Gasteiger partial charge in [0.15, 0.2) is 0 Å². The number of benzene rings is 2. The Bertz CT molecular complexity index is 1010. The van der Waals surface area contributed by atoms with E-state index in [0.29, 0.717) is 29.1 Å². The van der Waals surface area contributed by atoms with Gasteiger partial charge in [-0.15, -0.1) is 0 Å². The molecule has 0 saturated heterocycles. The van der Waals surface area contributed by atoms with E-state index >= 15 is 0 Å². The molecule has 8 nitrogen and oxygen atoms in total. The van der Waals surface area contributed by atoms with E-state index < -0.39 is 5.97 Å². The van der Waals surface area contributed by atoms with Crippen LogP contribution in [0.4, 0.5) is 11.6 Å². The number of nitrogens with zero attached hydrogens (tertiary/aromatic N) is 2. The van der Waals surface area contributed by atoms with Gasteiger partial charge in [-0.2, -0.15) is 0 Å². The average Bonchev–Trinajstić information content (AvgIpc) is 2.78. The summed E-state index contributed by atoms with van der Waals surface area (Å²) in [6, 6.07) is 14.3. The van der Waals surface area contributed by atoms with Gasteiger partial charge < -0.3 is 20.1 Å². The first kappa shape index (κ1) is 19.8. The van der Waals surface area contributed by atoms with Crippen LogP contribution in [-0.2, 0) is 11.3 Å². The van der Waals surface area contributed by atoms with E-state index in [2.05, 4.69) is 20.6 Å². The molecule has 29 heavy (non-hydrogen) atoms. The number of rotatable bonds is 7. The smallest absolute Gasteiger partial charge is 0.339 e. The van der Waals surface area contributed by atoms with Gasteiger partial charge in [0.2, 0.25) is 5.95 Å². The van der Waals surface area contributed by atoms with Crippen molar-refractivity contribution < 1.29 is 19.1 Å². The normalized spacial score (nSPS) is 10.1. The van der Waals surface area contributed by atoms with Crippen molar-refractivity contribution in [2.24, 2.45) is 0 Å². The average molecular weight is 392 g/mol. The van der Waals surface area contributed by atoms with Crippen LogP contribution in [0.1, 0.15) is 26.3 Å². The third-order valence-electron chi connectivity index (χ3n) is 4.12. The summed E-state index contributed by atoms with van der Waals surface area (Å²) in [5, 5.41) is 5.77. The van der Waals surface area contributed by atoms with Crippen molar-refractivity contribution in [2.75, 3.05) is 19.5 Å². The fourth-order valence-corrected chi connectivity index (χ4v) is 2.64. The molecule has 3 rings (SSSR count). The molecule has 0 saturated carbocycles. The van der Waals surface area contributed by atoms with Gasteiger partial charge in [-0.05, 0) is 18.2 Å². The number of hydrogen-bond acceptors (Lipinski definition) is 7. The second-order valence-corrected chi connectivity index (χ2v) is 5.95. The third-order valence-corrected chi connectivity index (χ3v) is 4.12. The lowest BCUT2D eigenvalue weighted by Crippen LogP contribution is -2.23. The van der Waals surface area contributed by atoms with Crippen molar-refractivity contribution in [2.45, 2.75) is 6.54 Å². The van der Waals surface area contributed by atoms with E-state index in [1.165, 1.54) is 19.5 Å². The fraction of sp³-hybridized carbons (Fsp3) is 0.143. The fourth-order valence-electron chi connectivity index (χ4n) is 2.64. The Labute approximate surface area is 167 Å². The van der Waals surface area contributed by atoms with E-state index in [0.717, 1.165) is 5.56 Å². The van der Waals surface area contributed by atoms with E-state index in [4.69, 9.17) is 9.47 Å². The molecule has 0 aliphatic heterocycles. The highest BCUT2D eigenvalue weighted by Crippen LogP contribution is 2.19. The summed E-state index contributed by atoms with van der Waals surface area (Å²) in [4.78, 5) is 32.5. The van der Waals surface area contributed by atoms with Gasteiger partial charge in [0.25, 0.3) is 5.91 Å². The zero-order valence-electron chi connectivity index (χ0n) is 16.0. The molecule has 0 aliphatic rings. The molecule has 3 aromatic rings. The largest absolute Gasteiger partial charge is 0.496 e. The molecule has 0 spiro atoms. The number of methoxy groups -OCH3 is 2. The number of aromatic nitrogens is 2. The number of para-hydroxylation sites is 2. The van der Waals surface area contributed by atoms with Crippen molar-refractivity contribution in [3.8, 4) is 5.75 Å². The van der Waals surface area contributed by atoms with Gasteiger partial charge >= 0.3 is 5.97 Å². The molecule has 0 atom stereocenters. The Kier molecular flexibility index (Phi) is 6.36. The molecule has 1 amide bonds. The van der Waals surface area contributed by atoms with Crippen LogP contribution in [-0.4, -0.2) is 36.1 Å². The Morgan fingerprint density at radius 3 is 2.38 bits per heavy atom. The van der Waals surface area contributed by atoms with Gasteiger partial charge in [-0.3, -0.25) is 4.79 Å². The summed E-state index contributed by atoms with van der Waals surface area (Å²) in [5.74, 6) is 0.174. The molecule has 1 heterocycles. The maximum absolute atomic E-state index is 12.4. The van der Waals surface area contributed by atoms with Crippen LogP contribution in [0.25, 0.3) is 0 Å². The first-order valence-corrected chi connectivity index (χ1v) is 8.79. The molecule has 0 unspecified atom stereocenters. The Balaban J connectivity index is 1.66. The summed E-state index contributed by atoms with van der Waals surface area (Å²) in [6.07, 6.45) is 2.82. The van der Waals surface area contributed by atoms with Gasteiger partial charge in [-0.25, -0.2) is 14.8 Å². The summed E-state index contributed by atoms with van der Waals surface area (Å²) < 4.78 is 10.0. The number of anilines is 2. The maximum Gasteiger partial charge on any atom is 0.339 e. The van der Waals surface area contributed by atoms with E-state index in [-0.39, 0.29) is 11.9 Å². The van der Waals surface area contributed by atoms with Crippen molar-refractivity contribution in [3.63, 3.8) is 0 Å². The summed E-state index contributed by atoms with van der Waals surface area (Å²) >= 11 is 0. The minimum absolute atomic E-state index is 0.252. The zero-order valence-corrected chi connectivity index (χ0v) is 16.0. The van der Waals surface area contributed by atoms with Crippen LogP contribution in [0.3, 0.4) is 0 Å². The van der Waals surface area contributed by atoms with Crippen LogP contribution in [0.5, 0.6) is 5.75 Å². The molecular formula is C21H20N4O4. The molecule has 0 radical (unpaired) electrons. The molecule has 148 valence electrons. The maximum atomic E-state index is 12.4. The summed E-state index contributed by atoms with van der Waals surface area (Å²) in [7, 11) is 2.90. The topological polar surface area (TPSA) is 102 Å². The first-order valence-electron chi connectivity index (χ1n) is 8.79. The van der Waals surface area contributed by atoms with Crippen LogP contribution in [0.15, 0.2) is 60.9 Å². The highest BCUT2D eigenvalue weighted by Gasteiger charge is 2.13. The second kappa shape index (κ2) is 9.32. The molecule has 2 aromatic carbocycles. The number of nitrogens with one attached hydrogen (secondary N) is 2. The SMILES string of the molecule is COC(=O)c1ccccc1Nc1ncc(C(=O)NCc2ccccc2OC)cn1. The van der Waals surface area contributed by atoms with Crippen LogP contribution in [0.2, 0.25) is 0 Å². The van der Waals surface area contributed by atoms with Crippen molar-refractivity contribution in [1.29, 1.82) is 0 Å². The second-order valence-electron chi connectivity index (χ2n) is 5.95.